The van der Waals surface area contributed by atoms with Crippen molar-refractivity contribution >= 4 is 44.8 Å². The number of anilines is 1. The van der Waals surface area contributed by atoms with Crippen molar-refractivity contribution in [3.63, 3.8) is 0 Å². The lowest BCUT2D eigenvalue weighted by molar-refractivity contribution is -0.384. The SMILES string of the molecule is O=C(CO)SC(=S)Nc1ccc([N+](=O)[O-])cc1. The van der Waals surface area contributed by atoms with E-state index in [9.17, 15) is 14.9 Å². The molecule has 0 spiro atoms. The number of benzene rings is 1. The van der Waals surface area contributed by atoms with Crippen LogP contribution in [0.15, 0.2) is 24.3 Å². The maximum absolute atomic E-state index is 10.9. The molecule has 2 N–H and O–H groups in total. The number of non-ortho nitro benzene ring substituents is 1. The number of thioether (sulfide) groups is 1. The fraction of sp³-hybridized carbons (Fsp3) is 0.111. The van der Waals surface area contributed by atoms with Gasteiger partial charge in [0.25, 0.3) is 5.69 Å². The quantitative estimate of drug-likeness (QED) is 0.490. The number of nitrogens with one attached hydrogen (secondary N) is 1. The van der Waals surface area contributed by atoms with Crippen LogP contribution in [0.2, 0.25) is 0 Å². The van der Waals surface area contributed by atoms with Gasteiger partial charge in [0.05, 0.1) is 4.92 Å². The molecule has 0 aliphatic carbocycles. The van der Waals surface area contributed by atoms with Crippen molar-refractivity contribution in [2.45, 2.75) is 0 Å². The molecule has 0 saturated heterocycles. The molecule has 0 aliphatic rings. The van der Waals surface area contributed by atoms with Gasteiger partial charge in [-0.2, -0.15) is 0 Å². The fourth-order valence-electron chi connectivity index (χ4n) is 0.946. The number of carbonyl (C=O) groups is 1. The van der Waals surface area contributed by atoms with Crippen molar-refractivity contribution in [2.75, 3.05) is 11.9 Å². The number of nitrogens with zero attached hydrogens (tertiary/aromatic N) is 1. The molecule has 6 nitrogen and oxygen atoms in total. The summed E-state index contributed by atoms with van der Waals surface area (Å²) in [6.07, 6.45) is 0. The Bertz CT molecular complexity index is 447. The van der Waals surface area contributed by atoms with Crippen molar-refractivity contribution in [2.24, 2.45) is 0 Å². The average Bonchev–Trinajstić information content (AvgIpc) is 2.29. The van der Waals surface area contributed by atoms with Crippen LogP contribution in [0.3, 0.4) is 0 Å². The van der Waals surface area contributed by atoms with Gasteiger partial charge in [-0.25, -0.2) is 0 Å². The van der Waals surface area contributed by atoms with E-state index >= 15 is 0 Å². The van der Waals surface area contributed by atoms with Crippen LogP contribution >= 0.6 is 24.0 Å². The van der Waals surface area contributed by atoms with Gasteiger partial charge in [0.2, 0.25) is 5.12 Å². The number of nitro benzene ring substituents is 1. The van der Waals surface area contributed by atoms with Gasteiger partial charge in [-0.3, -0.25) is 14.9 Å². The second kappa shape index (κ2) is 6.28. The van der Waals surface area contributed by atoms with Crippen LogP contribution in [-0.4, -0.2) is 26.1 Å². The number of aliphatic hydroxyl groups is 1. The van der Waals surface area contributed by atoms with Crippen LogP contribution in [0.5, 0.6) is 0 Å². The van der Waals surface area contributed by atoms with E-state index < -0.39 is 16.6 Å². The molecule has 0 saturated carbocycles. The molecule has 0 unspecified atom stereocenters. The zero-order valence-electron chi connectivity index (χ0n) is 8.45. The van der Waals surface area contributed by atoms with Crippen LogP contribution in [0.25, 0.3) is 0 Å². The van der Waals surface area contributed by atoms with Crippen LogP contribution in [0, 0.1) is 10.1 Å². The lowest BCUT2D eigenvalue weighted by Crippen LogP contribution is -2.09. The molecule has 1 aromatic rings. The molecular weight excluding hydrogens is 264 g/mol. The highest BCUT2D eigenvalue weighted by Gasteiger charge is 2.07. The molecule has 0 heterocycles. The summed E-state index contributed by atoms with van der Waals surface area (Å²) in [5.41, 5.74) is 0.513. The molecule has 8 heteroatoms. The average molecular weight is 272 g/mol. The number of carbonyl (C=O) groups excluding carboxylic acids is 1. The third kappa shape index (κ3) is 4.47. The normalized spacial score (nSPS) is 9.71. The highest BCUT2D eigenvalue weighted by molar-refractivity contribution is 8.33. The van der Waals surface area contributed by atoms with E-state index in [2.05, 4.69) is 5.32 Å². The van der Waals surface area contributed by atoms with Crippen molar-refractivity contribution in [1.29, 1.82) is 0 Å². The summed E-state index contributed by atoms with van der Waals surface area (Å²) in [6.45, 7) is -0.591. The summed E-state index contributed by atoms with van der Waals surface area (Å²) in [5.74, 6) is 0. The Labute approximate surface area is 106 Å². The lowest BCUT2D eigenvalue weighted by Gasteiger charge is -2.05. The summed E-state index contributed by atoms with van der Waals surface area (Å²) in [4.78, 5) is 20.7. The summed E-state index contributed by atoms with van der Waals surface area (Å²) >= 11 is 5.55. The predicted molar refractivity (Wildman–Crippen MR) is 69.0 cm³/mol. The molecule has 90 valence electrons. The summed E-state index contributed by atoms with van der Waals surface area (Å²) < 4.78 is 0.179. The number of thiocarbonyl (C=S) groups is 1. The molecule has 0 radical (unpaired) electrons. The van der Waals surface area contributed by atoms with E-state index in [-0.39, 0.29) is 10.0 Å². The van der Waals surface area contributed by atoms with E-state index in [1.165, 1.54) is 24.3 Å². The Morgan fingerprint density at radius 1 is 1.47 bits per heavy atom. The van der Waals surface area contributed by atoms with Gasteiger partial charge in [0.15, 0.2) is 0 Å². The fourth-order valence-corrected chi connectivity index (χ4v) is 1.78. The number of hydrogen-bond donors (Lipinski definition) is 2. The second-order valence-electron chi connectivity index (χ2n) is 2.85. The van der Waals surface area contributed by atoms with Gasteiger partial charge in [-0.05, 0) is 23.9 Å². The van der Waals surface area contributed by atoms with Crippen molar-refractivity contribution in [3.05, 3.63) is 34.4 Å². The standard InChI is InChI=1S/C9H8N2O4S2/c12-5-8(13)17-9(16)10-6-1-3-7(4-2-6)11(14)15/h1-4,12H,5H2,(H,10,16). The summed E-state index contributed by atoms with van der Waals surface area (Å²) in [7, 11) is 0. The minimum absolute atomic E-state index is 0.0273. The first-order valence-corrected chi connectivity index (χ1v) is 5.62. The Balaban J connectivity index is 2.60. The monoisotopic (exact) mass is 272 g/mol. The van der Waals surface area contributed by atoms with E-state index in [0.717, 1.165) is 0 Å². The molecular formula is C9H8N2O4S2. The Morgan fingerprint density at radius 2 is 2.06 bits per heavy atom. The minimum atomic E-state index is -0.591. The third-order valence-electron chi connectivity index (χ3n) is 1.66. The highest BCUT2D eigenvalue weighted by atomic mass is 32.2. The Hall–Kier alpha value is -1.51. The van der Waals surface area contributed by atoms with E-state index in [0.29, 0.717) is 17.4 Å². The Kier molecular flexibility index (Phi) is 5.01. The van der Waals surface area contributed by atoms with Crippen LogP contribution < -0.4 is 5.32 Å². The van der Waals surface area contributed by atoms with Gasteiger partial charge in [-0.1, -0.05) is 12.2 Å². The van der Waals surface area contributed by atoms with Crippen molar-refractivity contribution in [1.82, 2.24) is 0 Å². The molecule has 0 atom stereocenters. The maximum Gasteiger partial charge on any atom is 0.269 e. The van der Waals surface area contributed by atoms with Crippen molar-refractivity contribution < 1.29 is 14.8 Å². The molecule has 1 aromatic carbocycles. The zero-order valence-corrected chi connectivity index (χ0v) is 10.1. The molecule has 0 aromatic heterocycles. The van der Waals surface area contributed by atoms with Crippen LogP contribution in [0.1, 0.15) is 0 Å². The van der Waals surface area contributed by atoms with Crippen LogP contribution in [0.4, 0.5) is 11.4 Å². The van der Waals surface area contributed by atoms with E-state index in [1.54, 1.807) is 0 Å². The van der Waals surface area contributed by atoms with Gasteiger partial charge in [0.1, 0.15) is 10.9 Å². The summed E-state index contributed by atoms with van der Waals surface area (Å²) in [5, 5.41) is 21.2. The molecule has 0 aliphatic heterocycles. The molecule has 1 rings (SSSR count). The largest absolute Gasteiger partial charge is 0.388 e. The number of rotatable bonds is 3. The molecule has 0 amide bonds. The minimum Gasteiger partial charge on any atom is -0.388 e. The van der Waals surface area contributed by atoms with Crippen molar-refractivity contribution in [3.8, 4) is 0 Å². The van der Waals surface area contributed by atoms with Crippen LogP contribution in [-0.2, 0) is 4.79 Å². The Morgan fingerprint density at radius 3 is 2.53 bits per heavy atom. The smallest absolute Gasteiger partial charge is 0.269 e. The van der Waals surface area contributed by atoms with E-state index in [4.69, 9.17) is 17.3 Å². The molecule has 0 bridgehead atoms. The third-order valence-corrected chi connectivity index (χ3v) is 2.66. The molecule has 17 heavy (non-hydrogen) atoms. The molecule has 0 fully saturated rings. The van der Waals surface area contributed by atoms with Gasteiger partial charge >= 0.3 is 0 Å². The maximum atomic E-state index is 10.9. The number of nitro groups is 1. The predicted octanol–water partition coefficient (Wildman–Crippen LogP) is 1.54. The van der Waals surface area contributed by atoms with E-state index in [1.807, 2.05) is 0 Å². The zero-order chi connectivity index (χ0) is 12.8. The number of aliphatic hydroxyl groups excluding tert-OH is 1. The highest BCUT2D eigenvalue weighted by Crippen LogP contribution is 2.17. The summed E-state index contributed by atoms with van der Waals surface area (Å²) in [6, 6.07) is 5.61. The van der Waals surface area contributed by atoms with Gasteiger partial charge in [0, 0.05) is 17.8 Å². The second-order valence-corrected chi connectivity index (χ2v) is 4.58. The first kappa shape index (κ1) is 13.6. The van der Waals surface area contributed by atoms with Gasteiger partial charge in [-0.15, -0.1) is 0 Å². The van der Waals surface area contributed by atoms with Gasteiger partial charge < -0.3 is 10.4 Å². The number of hydrogen-bond acceptors (Lipinski definition) is 6. The first-order valence-electron chi connectivity index (χ1n) is 4.40. The first-order chi connectivity index (χ1) is 8.02. The lowest BCUT2D eigenvalue weighted by atomic mass is 10.3. The topological polar surface area (TPSA) is 92.5 Å².